The molecule has 3 aromatic rings. The van der Waals surface area contributed by atoms with Gasteiger partial charge < -0.3 is 15.4 Å². The zero-order valence-corrected chi connectivity index (χ0v) is 18.0. The van der Waals surface area contributed by atoms with Gasteiger partial charge in [0.1, 0.15) is 11.9 Å². The molecule has 0 unspecified atom stereocenters. The van der Waals surface area contributed by atoms with E-state index in [4.69, 9.17) is 4.74 Å². The minimum atomic E-state index is -1.07. The molecule has 8 nitrogen and oxygen atoms in total. The van der Waals surface area contributed by atoms with Crippen LogP contribution in [0.3, 0.4) is 0 Å². The molecule has 0 saturated carbocycles. The van der Waals surface area contributed by atoms with Crippen molar-refractivity contribution in [3.05, 3.63) is 102 Å². The third kappa shape index (κ3) is 7.27. The molecular formula is C25H22FN3O5. The average Bonchev–Trinajstić information content (AvgIpc) is 2.84. The van der Waals surface area contributed by atoms with Gasteiger partial charge in [-0.1, -0.05) is 60.7 Å². The summed E-state index contributed by atoms with van der Waals surface area (Å²) in [6.07, 6.45) is 0.133. The highest BCUT2D eigenvalue weighted by Gasteiger charge is 2.24. The molecule has 4 amide bonds. The van der Waals surface area contributed by atoms with Crippen molar-refractivity contribution >= 4 is 29.5 Å². The van der Waals surface area contributed by atoms with E-state index in [2.05, 4.69) is 10.6 Å². The summed E-state index contributed by atoms with van der Waals surface area (Å²) in [5, 5.41) is 6.75. The van der Waals surface area contributed by atoms with Crippen LogP contribution in [-0.4, -0.2) is 36.5 Å². The van der Waals surface area contributed by atoms with E-state index in [0.29, 0.717) is 5.56 Å². The molecule has 3 N–H and O–H groups in total. The predicted molar refractivity (Wildman–Crippen MR) is 122 cm³/mol. The molecule has 0 heterocycles. The molecular weight excluding hydrogens is 441 g/mol. The van der Waals surface area contributed by atoms with Crippen LogP contribution in [0.25, 0.3) is 0 Å². The highest BCUT2D eigenvalue weighted by atomic mass is 19.1. The number of imide groups is 1. The van der Waals surface area contributed by atoms with Crippen LogP contribution in [0.2, 0.25) is 0 Å². The zero-order valence-electron chi connectivity index (χ0n) is 18.0. The molecule has 0 aliphatic heterocycles. The highest BCUT2D eigenvalue weighted by molar-refractivity contribution is 6.02. The molecule has 0 radical (unpaired) electrons. The first-order valence-electron chi connectivity index (χ1n) is 10.3. The van der Waals surface area contributed by atoms with E-state index in [-0.39, 0.29) is 12.1 Å². The number of para-hydroxylation sites is 1. The number of halogens is 1. The van der Waals surface area contributed by atoms with Gasteiger partial charge in [-0.2, -0.15) is 0 Å². The van der Waals surface area contributed by atoms with Crippen LogP contribution in [0, 0.1) is 5.82 Å². The third-order valence-corrected chi connectivity index (χ3v) is 4.63. The molecule has 174 valence electrons. The number of carbonyl (C=O) groups excluding carboxylic acids is 4. The summed E-state index contributed by atoms with van der Waals surface area (Å²) < 4.78 is 18.6. The van der Waals surface area contributed by atoms with Crippen LogP contribution in [-0.2, 0) is 20.7 Å². The smallest absolute Gasteiger partial charge is 0.329 e. The van der Waals surface area contributed by atoms with E-state index in [9.17, 15) is 23.6 Å². The molecule has 0 aliphatic carbocycles. The Bertz CT molecular complexity index is 1160. The fourth-order valence-corrected chi connectivity index (χ4v) is 2.99. The lowest BCUT2D eigenvalue weighted by atomic mass is 10.1. The van der Waals surface area contributed by atoms with Crippen LogP contribution >= 0.6 is 0 Å². The van der Waals surface area contributed by atoms with Gasteiger partial charge in [0.15, 0.2) is 6.61 Å². The second-order valence-corrected chi connectivity index (χ2v) is 7.17. The molecule has 0 aliphatic rings. The number of rotatable bonds is 8. The van der Waals surface area contributed by atoms with Crippen LogP contribution < -0.4 is 16.0 Å². The summed E-state index contributed by atoms with van der Waals surface area (Å²) in [4.78, 5) is 49.1. The Labute approximate surface area is 195 Å². The van der Waals surface area contributed by atoms with Gasteiger partial charge in [0, 0.05) is 12.0 Å². The molecule has 3 aromatic carbocycles. The molecule has 0 spiro atoms. The van der Waals surface area contributed by atoms with E-state index in [1.807, 2.05) is 11.4 Å². The van der Waals surface area contributed by atoms with Gasteiger partial charge in [0.2, 0.25) is 0 Å². The Morgan fingerprint density at radius 1 is 0.824 bits per heavy atom. The van der Waals surface area contributed by atoms with Crippen LogP contribution in [0.15, 0.2) is 84.9 Å². The minimum absolute atomic E-state index is 0.114. The quantitative estimate of drug-likeness (QED) is 0.445. The second kappa shape index (κ2) is 11.9. The topological polar surface area (TPSA) is 114 Å². The largest absolute Gasteiger partial charge is 0.454 e. The molecule has 0 bridgehead atoms. The third-order valence-electron chi connectivity index (χ3n) is 4.63. The number of esters is 1. The average molecular weight is 463 g/mol. The summed E-state index contributed by atoms with van der Waals surface area (Å²) in [6, 6.07) is 20.7. The first kappa shape index (κ1) is 24.1. The normalized spacial score (nSPS) is 11.1. The zero-order chi connectivity index (χ0) is 24.3. The van der Waals surface area contributed by atoms with E-state index >= 15 is 0 Å². The Kier molecular flexibility index (Phi) is 8.45. The molecule has 3 rings (SSSR count). The molecule has 34 heavy (non-hydrogen) atoms. The number of hydrogen-bond donors (Lipinski definition) is 3. The SMILES string of the molecule is O=C(COC(=O)[C@H](Cc1ccccc1)NC(=O)c1ccccc1)NC(=O)Nc1ccccc1F. The molecule has 0 saturated heterocycles. The van der Waals surface area contributed by atoms with Crippen molar-refractivity contribution in [3.63, 3.8) is 0 Å². The van der Waals surface area contributed by atoms with Crippen molar-refractivity contribution in [3.8, 4) is 0 Å². The van der Waals surface area contributed by atoms with Crippen molar-refractivity contribution in [2.75, 3.05) is 11.9 Å². The fourth-order valence-electron chi connectivity index (χ4n) is 2.99. The first-order chi connectivity index (χ1) is 16.4. The standard InChI is InChI=1S/C25H22FN3O5/c26-19-13-7-8-14-20(19)28-25(33)29-22(30)16-34-24(32)21(15-17-9-3-1-4-10-17)27-23(31)18-11-5-2-6-12-18/h1-14,21H,15-16H2,(H,27,31)(H2,28,29,30,33)/t21-/m0/s1. The van der Waals surface area contributed by atoms with Crippen molar-refractivity contribution in [1.29, 1.82) is 0 Å². The van der Waals surface area contributed by atoms with Gasteiger partial charge in [-0.15, -0.1) is 0 Å². The number of nitrogens with one attached hydrogen (secondary N) is 3. The van der Waals surface area contributed by atoms with Crippen LogP contribution in [0.5, 0.6) is 0 Å². The van der Waals surface area contributed by atoms with E-state index in [1.54, 1.807) is 54.6 Å². The predicted octanol–water partition coefficient (Wildman–Crippen LogP) is 3.06. The number of benzene rings is 3. The lowest BCUT2D eigenvalue weighted by Crippen LogP contribution is -2.45. The molecule has 9 heteroatoms. The van der Waals surface area contributed by atoms with Gasteiger partial charge in [-0.05, 0) is 29.8 Å². The van der Waals surface area contributed by atoms with Gasteiger partial charge in [0.25, 0.3) is 11.8 Å². The first-order valence-corrected chi connectivity index (χ1v) is 10.3. The molecule has 0 fully saturated rings. The van der Waals surface area contributed by atoms with Gasteiger partial charge in [-0.3, -0.25) is 14.9 Å². The number of ether oxygens (including phenoxy) is 1. The maximum absolute atomic E-state index is 13.6. The lowest BCUT2D eigenvalue weighted by Gasteiger charge is -2.18. The monoisotopic (exact) mass is 463 g/mol. The van der Waals surface area contributed by atoms with Crippen molar-refractivity contribution in [2.24, 2.45) is 0 Å². The van der Waals surface area contributed by atoms with Crippen LogP contribution in [0.4, 0.5) is 14.9 Å². The van der Waals surface area contributed by atoms with Gasteiger partial charge in [-0.25, -0.2) is 14.0 Å². The summed E-state index contributed by atoms with van der Waals surface area (Å²) >= 11 is 0. The Balaban J connectivity index is 1.58. The number of carbonyl (C=O) groups is 4. The maximum Gasteiger partial charge on any atom is 0.329 e. The summed E-state index contributed by atoms with van der Waals surface area (Å²) in [7, 11) is 0. The molecule has 1 atom stereocenters. The summed E-state index contributed by atoms with van der Waals surface area (Å²) in [5.74, 6) is -2.92. The van der Waals surface area contributed by atoms with Crippen LogP contribution in [0.1, 0.15) is 15.9 Å². The Morgan fingerprint density at radius 2 is 1.44 bits per heavy atom. The Morgan fingerprint density at radius 3 is 2.12 bits per heavy atom. The number of urea groups is 1. The van der Waals surface area contributed by atoms with E-state index < -0.39 is 42.3 Å². The number of anilines is 1. The summed E-state index contributed by atoms with van der Waals surface area (Å²) in [6.45, 7) is -0.768. The van der Waals surface area contributed by atoms with Crippen molar-refractivity contribution in [2.45, 2.75) is 12.5 Å². The Hall–Kier alpha value is -4.53. The van der Waals surface area contributed by atoms with Crippen molar-refractivity contribution < 1.29 is 28.3 Å². The number of hydrogen-bond acceptors (Lipinski definition) is 5. The van der Waals surface area contributed by atoms with E-state index in [0.717, 1.165) is 11.6 Å². The molecule has 0 aromatic heterocycles. The van der Waals surface area contributed by atoms with Crippen molar-refractivity contribution in [1.82, 2.24) is 10.6 Å². The van der Waals surface area contributed by atoms with Gasteiger partial charge in [0.05, 0.1) is 5.69 Å². The minimum Gasteiger partial charge on any atom is -0.454 e. The lowest BCUT2D eigenvalue weighted by molar-refractivity contribution is -0.150. The number of amides is 4. The maximum atomic E-state index is 13.6. The second-order valence-electron chi connectivity index (χ2n) is 7.17. The summed E-state index contributed by atoms with van der Waals surface area (Å²) in [5.41, 5.74) is 1.01. The highest BCUT2D eigenvalue weighted by Crippen LogP contribution is 2.12. The van der Waals surface area contributed by atoms with E-state index in [1.165, 1.54) is 18.2 Å². The fraction of sp³-hybridized carbons (Fsp3) is 0.120. The van der Waals surface area contributed by atoms with Gasteiger partial charge >= 0.3 is 12.0 Å².